The summed E-state index contributed by atoms with van der Waals surface area (Å²) < 4.78 is 1.70. The van der Waals surface area contributed by atoms with Gasteiger partial charge in [0.15, 0.2) is 18.2 Å². The Bertz CT molecular complexity index is 893. The van der Waals surface area contributed by atoms with Crippen LogP contribution in [0.5, 0.6) is 0 Å². The third-order valence-corrected chi connectivity index (χ3v) is 3.99. The van der Waals surface area contributed by atoms with Gasteiger partial charge in [-0.15, -0.1) is 0 Å². The van der Waals surface area contributed by atoms with Gasteiger partial charge in [-0.1, -0.05) is 54.1 Å². The molecular weight excluding hydrogens is 336 g/mol. The lowest BCUT2D eigenvalue weighted by atomic mass is 10.0. The number of carbonyl (C=O) groups excluding carboxylic acids is 2. The molecule has 1 N–H and O–H groups in total. The lowest BCUT2D eigenvalue weighted by Gasteiger charge is -2.05. The molecule has 124 valence electrons. The third-order valence-electron chi connectivity index (χ3n) is 3.66. The van der Waals surface area contributed by atoms with Gasteiger partial charge in [0.2, 0.25) is 6.54 Å². The molecule has 0 unspecified atom stereocenters. The van der Waals surface area contributed by atoms with Gasteiger partial charge in [-0.2, -0.15) is 4.57 Å². The zero-order chi connectivity index (χ0) is 17.6. The van der Waals surface area contributed by atoms with Gasteiger partial charge in [-0.25, -0.2) is 0 Å². The molecule has 25 heavy (non-hydrogen) atoms. The standard InChI is InChI=1S/C20H15ClN2O2/c21-17-8-4-5-9-18(17)22-19(24)14-23-12-10-16(11-13-23)20(25)15-6-2-1-3-7-15/h1-13H,14H2/p+1. The number of ketones is 1. The summed E-state index contributed by atoms with van der Waals surface area (Å²) in [5.74, 6) is -0.242. The van der Waals surface area contributed by atoms with Gasteiger partial charge < -0.3 is 5.32 Å². The fourth-order valence-corrected chi connectivity index (χ4v) is 2.57. The van der Waals surface area contributed by atoms with E-state index in [1.807, 2.05) is 18.2 Å². The zero-order valence-electron chi connectivity index (χ0n) is 13.4. The average Bonchev–Trinajstić information content (AvgIpc) is 2.64. The predicted molar refractivity (Wildman–Crippen MR) is 96.6 cm³/mol. The first kappa shape index (κ1) is 16.9. The van der Waals surface area contributed by atoms with Crippen molar-refractivity contribution in [2.45, 2.75) is 6.54 Å². The quantitative estimate of drug-likeness (QED) is 0.565. The van der Waals surface area contributed by atoms with Crippen LogP contribution in [0, 0.1) is 0 Å². The van der Waals surface area contributed by atoms with Crippen molar-refractivity contribution in [1.82, 2.24) is 0 Å². The molecule has 0 aliphatic rings. The highest BCUT2D eigenvalue weighted by atomic mass is 35.5. The van der Waals surface area contributed by atoms with E-state index in [1.165, 1.54) is 0 Å². The number of rotatable bonds is 5. The minimum Gasteiger partial charge on any atom is -0.319 e. The molecule has 0 spiro atoms. The second-order valence-corrected chi connectivity index (χ2v) is 5.89. The molecule has 1 amide bonds. The minimum absolute atomic E-state index is 0.0479. The molecular formula is C20H16ClN2O2+. The molecule has 2 aromatic carbocycles. The Morgan fingerprint density at radius 2 is 1.44 bits per heavy atom. The van der Waals surface area contributed by atoms with Gasteiger partial charge in [0.1, 0.15) is 0 Å². The van der Waals surface area contributed by atoms with E-state index in [2.05, 4.69) is 5.32 Å². The maximum absolute atomic E-state index is 12.4. The van der Waals surface area contributed by atoms with E-state index in [0.29, 0.717) is 21.8 Å². The van der Waals surface area contributed by atoms with Gasteiger partial charge >= 0.3 is 0 Å². The smallest absolute Gasteiger partial charge is 0.290 e. The molecule has 0 saturated carbocycles. The summed E-state index contributed by atoms with van der Waals surface area (Å²) in [7, 11) is 0. The summed E-state index contributed by atoms with van der Waals surface area (Å²) in [5, 5.41) is 3.25. The van der Waals surface area contributed by atoms with E-state index < -0.39 is 0 Å². The Balaban J connectivity index is 1.66. The van der Waals surface area contributed by atoms with Crippen molar-refractivity contribution >= 4 is 29.0 Å². The molecule has 0 atom stereocenters. The topological polar surface area (TPSA) is 50.0 Å². The Labute approximate surface area is 150 Å². The summed E-state index contributed by atoms with van der Waals surface area (Å²) in [5.41, 5.74) is 1.79. The van der Waals surface area contributed by atoms with Crippen LogP contribution >= 0.6 is 11.6 Å². The summed E-state index contributed by atoms with van der Waals surface area (Å²) in [6.45, 7) is 0.130. The highest BCUT2D eigenvalue weighted by Gasteiger charge is 2.13. The van der Waals surface area contributed by atoms with Crippen molar-refractivity contribution in [3.63, 3.8) is 0 Å². The van der Waals surface area contributed by atoms with E-state index in [4.69, 9.17) is 11.6 Å². The molecule has 0 aliphatic carbocycles. The van der Waals surface area contributed by atoms with Crippen molar-refractivity contribution < 1.29 is 14.2 Å². The van der Waals surface area contributed by atoms with Crippen LogP contribution in [-0.4, -0.2) is 11.7 Å². The predicted octanol–water partition coefficient (Wildman–Crippen LogP) is 3.50. The molecule has 1 heterocycles. The molecule has 3 aromatic rings. The fraction of sp³-hybridized carbons (Fsp3) is 0.0500. The number of hydrogen-bond acceptors (Lipinski definition) is 2. The Morgan fingerprint density at radius 3 is 2.12 bits per heavy atom. The summed E-state index contributed by atoms with van der Waals surface area (Å²) >= 11 is 6.03. The highest BCUT2D eigenvalue weighted by Crippen LogP contribution is 2.20. The first-order chi connectivity index (χ1) is 12.1. The number of nitrogens with zero attached hydrogens (tertiary/aromatic N) is 1. The Hall–Kier alpha value is -2.98. The fourth-order valence-electron chi connectivity index (χ4n) is 2.39. The largest absolute Gasteiger partial charge is 0.319 e. The maximum atomic E-state index is 12.4. The van der Waals surface area contributed by atoms with Gasteiger partial charge in [-0.05, 0) is 12.1 Å². The van der Waals surface area contributed by atoms with Crippen LogP contribution in [0.2, 0.25) is 5.02 Å². The van der Waals surface area contributed by atoms with E-state index in [9.17, 15) is 9.59 Å². The van der Waals surface area contributed by atoms with Crippen LogP contribution in [0.3, 0.4) is 0 Å². The number of anilines is 1. The number of halogens is 1. The van der Waals surface area contributed by atoms with E-state index in [-0.39, 0.29) is 18.2 Å². The monoisotopic (exact) mass is 351 g/mol. The van der Waals surface area contributed by atoms with Crippen molar-refractivity contribution in [3.8, 4) is 0 Å². The first-order valence-electron chi connectivity index (χ1n) is 7.77. The van der Waals surface area contributed by atoms with E-state index in [1.54, 1.807) is 65.5 Å². The first-order valence-corrected chi connectivity index (χ1v) is 8.14. The molecule has 0 bridgehead atoms. The number of hydrogen-bond donors (Lipinski definition) is 1. The average molecular weight is 352 g/mol. The molecule has 4 nitrogen and oxygen atoms in total. The molecule has 1 aromatic heterocycles. The van der Waals surface area contributed by atoms with Gasteiger partial charge in [-0.3, -0.25) is 9.59 Å². The number of aromatic nitrogens is 1. The second kappa shape index (κ2) is 7.73. The maximum Gasteiger partial charge on any atom is 0.290 e. The number of amides is 1. The second-order valence-electron chi connectivity index (χ2n) is 5.48. The molecule has 0 radical (unpaired) electrons. The Morgan fingerprint density at radius 1 is 0.840 bits per heavy atom. The van der Waals surface area contributed by atoms with Crippen molar-refractivity contribution in [1.29, 1.82) is 0 Å². The molecule has 0 saturated heterocycles. The lowest BCUT2D eigenvalue weighted by molar-refractivity contribution is -0.684. The van der Waals surface area contributed by atoms with Crippen LogP contribution in [0.4, 0.5) is 5.69 Å². The van der Waals surface area contributed by atoms with E-state index in [0.717, 1.165) is 0 Å². The zero-order valence-corrected chi connectivity index (χ0v) is 14.1. The van der Waals surface area contributed by atoms with Crippen LogP contribution in [0.1, 0.15) is 15.9 Å². The van der Waals surface area contributed by atoms with Gasteiger partial charge in [0.05, 0.1) is 10.7 Å². The van der Waals surface area contributed by atoms with Crippen molar-refractivity contribution in [2.75, 3.05) is 5.32 Å². The molecule has 0 fully saturated rings. The summed E-state index contributed by atoms with van der Waals surface area (Å²) in [6.07, 6.45) is 3.42. The number of pyridine rings is 1. The normalized spacial score (nSPS) is 10.3. The number of carbonyl (C=O) groups is 2. The van der Waals surface area contributed by atoms with Crippen LogP contribution in [0.25, 0.3) is 0 Å². The lowest BCUT2D eigenvalue weighted by Crippen LogP contribution is -2.39. The van der Waals surface area contributed by atoms with Crippen LogP contribution < -0.4 is 9.88 Å². The van der Waals surface area contributed by atoms with Gasteiger partial charge in [0, 0.05) is 23.3 Å². The molecule has 3 rings (SSSR count). The van der Waals surface area contributed by atoms with Gasteiger partial charge in [0.25, 0.3) is 5.91 Å². The molecule has 0 aliphatic heterocycles. The minimum atomic E-state index is -0.194. The molecule has 5 heteroatoms. The SMILES string of the molecule is O=C(C[n+]1ccc(C(=O)c2ccccc2)cc1)Nc1ccccc1Cl. The number of para-hydroxylation sites is 1. The highest BCUT2D eigenvalue weighted by molar-refractivity contribution is 6.33. The van der Waals surface area contributed by atoms with Crippen LogP contribution in [-0.2, 0) is 11.3 Å². The Kier molecular flexibility index (Phi) is 5.21. The van der Waals surface area contributed by atoms with Crippen molar-refractivity contribution in [2.24, 2.45) is 0 Å². The van der Waals surface area contributed by atoms with Crippen molar-refractivity contribution in [3.05, 3.63) is 95.3 Å². The summed E-state index contributed by atoms with van der Waals surface area (Å²) in [4.78, 5) is 24.5. The third kappa shape index (κ3) is 4.31. The van der Waals surface area contributed by atoms with Crippen LogP contribution in [0.15, 0.2) is 79.1 Å². The summed E-state index contributed by atoms with van der Waals surface area (Å²) in [6, 6.07) is 19.6. The number of benzene rings is 2. The number of nitrogens with one attached hydrogen (secondary N) is 1. The van der Waals surface area contributed by atoms with E-state index >= 15 is 0 Å².